The van der Waals surface area contributed by atoms with E-state index in [1.54, 1.807) is 24.3 Å². The first-order chi connectivity index (χ1) is 13.0. The second kappa shape index (κ2) is 8.55. The van der Waals surface area contributed by atoms with E-state index in [0.717, 1.165) is 36.9 Å². The first-order valence-electron chi connectivity index (χ1n) is 9.11. The smallest absolute Gasteiger partial charge is 0.241 e. The number of piperazine rings is 1. The quantitative estimate of drug-likeness (QED) is 0.797. The molecule has 0 saturated carbocycles. The Kier molecular flexibility index (Phi) is 6.14. The fraction of sp³-hybridized carbons (Fsp3) is 0.333. The second-order valence-corrected chi connectivity index (χ2v) is 7.18. The van der Waals surface area contributed by atoms with E-state index in [2.05, 4.69) is 15.1 Å². The maximum atomic E-state index is 12.6. The molecule has 0 aromatic heterocycles. The summed E-state index contributed by atoms with van der Waals surface area (Å²) in [7, 11) is 0. The highest BCUT2D eigenvalue weighted by Gasteiger charge is 2.26. The Morgan fingerprint density at radius 1 is 1.04 bits per heavy atom. The van der Waals surface area contributed by atoms with Gasteiger partial charge in [0.05, 0.1) is 16.8 Å². The average Bonchev–Trinajstić information content (AvgIpc) is 2.68. The average molecular weight is 386 g/mol. The fourth-order valence-electron chi connectivity index (χ4n) is 3.29. The Bertz CT molecular complexity index is 832. The van der Waals surface area contributed by atoms with Crippen molar-refractivity contribution >= 4 is 34.7 Å². The Morgan fingerprint density at radius 3 is 2.41 bits per heavy atom. The third kappa shape index (κ3) is 4.67. The lowest BCUT2D eigenvalue weighted by atomic mass is 10.1. The molecule has 0 aliphatic carbocycles. The van der Waals surface area contributed by atoms with Crippen molar-refractivity contribution in [3.8, 4) is 0 Å². The van der Waals surface area contributed by atoms with Crippen molar-refractivity contribution < 1.29 is 9.59 Å². The first-order valence-corrected chi connectivity index (χ1v) is 9.49. The van der Waals surface area contributed by atoms with E-state index in [1.807, 2.05) is 31.2 Å². The molecule has 0 spiro atoms. The third-order valence-electron chi connectivity index (χ3n) is 4.97. The highest BCUT2D eigenvalue weighted by atomic mass is 35.5. The van der Waals surface area contributed by atoms with Gasteiger partial charge in [0.1, 0.15) is 0 Å². The molecule has 0 radical (unpaired) electrons. The van der Waals surface area contributed by atoms with Crippen molar-refractivity contribution in [3.63, 3.8) is 0 Å². The Labute approximate surface area is 164 Å². The van der Waals surface area contributed by atoms with Crippen LogP contribution in [0, 0.1) is 0 Å². The zero-order valence-electron chi connectivity index (χ0n) is 15.6. The molecule has 1 amide bonds. The van der Waals surface area contributed by atoms with Crippen LogP contribution in [0.1, 0.15) is 24.2 Å². The molecule has 3 rings (SSSR count). The fourth-order valence-corrected chi connectivity index (χ4v) is 3.54. The van der Waals surface area contributed by atoms with Crippen LogP contribution >= 0.6 is 11.6 Å². The number of nitrogens with zero attached hydrogens (tertiary/aromatic N) is 2. The highest BCUT2D eigenvalue weighted by molar-refractivity contribution is 6.33. The lowest BCUT2D eigenvalue weighted by Crippen LogP contribution is -2.52. The first kappa shape index (κ1) is 19.4. The van der Waals surface area contributed by atoms with Crippen molar-refractivity contribution in [1.82, 2.24) is 4.90 Å². The summed E-state index contributed by atoms with van der Waals surface area (Å²) in [6.45, 7) is 6.64. The summed E-state index contributed by atoms with van der Waals surface area (Å²) in [5.41, 5.74) is 2.28. The van der Waals surface area contributed by atoms with Gasteiger partial charge in [0.2, 0.25) is 5.91 Å². The van der Waals surface area contributed by atoms with Crippen LogP contribution in [-0.2, 0) is 4.79 Å². The molecular formula is C21H24ClN3O2. The minimum Gasteiger partial charge on any atom is -0.368 e. The number of carbonyl (C=O) groups is 2. The number of hydrogen-bond donors (Lipinski definition) is 1. The van der Waals surface area contributed by atoms with Crippen LogP contribution in [0.5, 0.6) is 0 Å². The number of Topliss-reactive ketones (excluding diaryl/α,β-unsaturated/α-hetero) is 1. The Morgan fingerprint density at radius 2 is 1.74 bits per heavy atom. The van der Waals surface area contributed by atoms with Gasteiger partial charge in [0, 0.05) is 37.4 Å². The van der Waals surface area contributed by atoms with Gasteiger partial charge in [-0.3, -0.25) is 14.5 Å². The predicted molar refractivity (Wildman–Crippen MR) is 110 cm³/mol. The summed E-state index contributed by atoms with van der Waals surface area (Å²) in [5.74, 6) is -0.0864. The molecule has 1 N–H and O–H groups in total. The molecule has 1 heterocycles. The molecule has 1 aliphatic rings. The molecule has 0 bridgehead atoms. The summed E-state index contributed by atoms with van der Waals surface area (Å²) in [6, 6.07) is 14.6. The predicted octanol–water partition coefficient (Wildman–Crippen LogP) is 3.69. The molecule has 1 saturated heterocycles. The van der Waals surface area contributed by atoms with Crippen molar-refractivity contribution in [2.75, 3.05) is 36.4 Å². The molecule has 142 valence electrons. The topological polar surface area (TPSA) is 52.7 Å². The van der Waals surface area contributed by atoms with E-state index in [1.165, 1.54) is 6.92 Å². The summed E-state index contributed by atoms with van der Waals surface area (Å²) in [6.07, 6.45) is 0. The van der Waals surface area contributed by atoms with E-state index < -0.39 is 0 Å². The van der Waals surface area contributed by atoms with Crippen molar-refractivity contribution in [2.24, 2.45) is 0 Å². The minimum absolute atomic E-state index is 0.0187. The summed E-state index contributed by atoms with van der Waals surface area (Å²) >= 11 is 6.29. The maximum absolute atomic E-state index is 12.6. The van der Waals surface area contributed by atoms with Gasteiger partial charge >= 0.3 is 0 Å². The number of amides is 1. The number of halogens is 1. The van der Waals surface area contributed by atoms with Crippen LogP contribution in [0.4, 0.5) is 11.4 Å². The SMILES string of the molecule is CC(=O)c1cccc(NC(=O)[C@@H](C)N2CCN(c3ccccc3Cl)CC2)c1. The number of carbonyl (C=O) groups excluding carboxylic acids is 2. The number of para-hydroxylation sites is 1. The Balaban J connectivity index is 1.58. The number of rotatable bonds is 5. The van der Waals surface area contributed by atoms with Crippen LogP contribution in [-0.4, -0.2) is 48.8 Å². The van der Waals surface area contributed by atoms with Gasteiger partial charge in [-0.05, 0) is 38.1 Å². The summed E-state index contributed by atoms with van der Waals surface area (Å²) in [5, 5.41) is 3.67. The molecule has 1 atom stereocenters. The molecule has 5 nitrogen and oxygen atoms in total. The van der Waals surface area contributed by atoms with Crippen molar-refractivity contribution in [2.45, 2.75) is 19.9 Å². The van der Waals surface area contributed by atoms with Crippen LogP contribution in [0.2, 0.25) is 5.02 Å². The molecule has 1 fully saturated rings. The van der Waals surface area contributed by atoms with Crippen molar-refractivity contribution in [1.29, 1.82) is 0 Å². The van der Waals surface area contributed by atoms with Gasteiger partial charge in [-0.25, -0.2) is 0 Å². The van der Waals surface area contributed by atoms with Gasteiger partial charge in [0.15, 0.2) is 5.78 Å². The maximum Gasteiger partial charge on any atom is 0.241 e. The number of hydrogen-bond acceptors (Lipinski definition) is 4. The van der Waals surface area contributed by atoms with Gasteiger partial charge < -0.3 is 10.2 Å². The highest BCUT2D eigenvalue weighted by Crippen LogP contribution is 2.26. The van der Waals surface area contributed by atoms with Crippen LogP contribution in [0.15, 0.2) is 48.5 Å². The summed E-state index contributed by atoms with van der Waals surface area (Å²) < 4.78 is 0. The van der Waals surface area contributed by atoms with E-state index in [-0.39, 0.29) is 17.7 Å². The van der Waals surface area contributed by atoms with Gasteiger partial charge in [-0.1, -0.05) is 35.9 Å². The van der Waals surface area contributed by atoms with Gasteiger partial charge in [0.25, 0.3) is 0 Å². The third-order valence-corrected chi connectivity index (χ3v) is 5.29. The van der Waals surface area contributed by atoms with Crippen LogP contribution < -0.4 is 10.2 Å². The summed E-state index contributed by atoms with van der Waals surface area (Å²) in [4.78, 5) is 28.5. The second-order valence-electron chi connectivity index (χ2n) is 6.78. The number of nitrogens with one attached hydrogen (secondary N) is 1. The van der Waals surface area contributed by atoms with E-state index in [0.29, 0.717) is 11.3 Å². The molecule has 2 aromatic rings. The number of benzene rings is 2. The molecule has 6 heteroatoms. The standard InChI is InChI=1S/C21H24ClN3O2/c1-15(21(27)23-18-7-5-6-17(14-18)16(2)26)24-10-12-25(13-11-24)20-9-4-3-8-19(20)22/h3-9,14-15H,10-13H2,1-2H3,(H,23,27)/t15-/m1/s1. The van der Waals surface area contributed by atoms with Gasteiger partial charge in [-0.2, -0.15) is 0 Å². The molecule has 0 unspecified atom stereocenters. The molecular weight excluding hydrogens is 362 g/mol. The van der Waals surface area contributed by atoms with Crippen LogP contribution in [0.25, 0.3) is 0 Å². The lowest BCUT2D eigenvalue weighted by Gasteiger charge is -2.38. The van der Waals surface area contributed by atoms with Crippen LogP contribution in [0.3, 0.4) is 0 Å². The Hall–Kier alpha value is -2.37. The monoisotopic (exact) mass is 385 g/mol. The molecule has 27 heavy (non-hydrogen) atoms. The van der Waals surface area contributed by atoms with Crippen molar-refractivity contribution in [3.05, 3.63) is 59.1 Å². The zero-order valence-corrected chi connectivity index (χ0v) is 16.4. The van der Waals surface area contributed by atoms with E-state index >= 15 is 0 Å². The lowest BCUT2D eigenvalue weighted by molar-refractivity contribution is -0.120. The van der Waals surface area contributed by atoms with E-state index in [4.69, 9.17) is 11.6 Å². The number of anilines is 2. The minimum atomic E-state index is -0.251. The largest absolute Gasteiger partial charge is 0.368 e. The number of ketones is 1. The zero-order chi connectivity index (χ0) is 19.4. The molecule has 2 aromatic carbocycles. The molecule has 1 aliphatic heterocycles. The van der Waals surface area contributed by atoms with E-state index in [9.17, 15) is 9.59 Å². The van der Waals surface area contributed by atoms with Gasteiger partial charge in [-0.15, -0.1) is 0 Å². The normalized spacial score (nSPS) is 16.0.